The first-order valence-electron chi connectivity index (χ1n) is 2.99. The Morgan fingerprint density at radius 3 is 3.27 bits per heavy atom. The summed E-state index contributed by atoms with van der Waals surface area (Å²) in [5.74, 6) is 0. The van der Waals surface area contributed by atoms with E-state index in [1.807, 2.05) is 0 Å². The highest BCUT2D eigenvalue weighted by atomic mass is 32.1. The third kappa shape index (κ3) is 0.988. The molecule has 0 aliphatic heterocycles. The van der Waals surface area contributed by atoms with Crippen molar-refractivity contribution in [2.75, 3.05) is 0 Å². The van der Waals surface area contributed by atoms with Crippen molar-refractivity contribution in [1.29, 1.82) is 0 Å². The van der Waals surface area contributed by atoms with Gasteiger partial charge in [-0.25, -0.2) is 9.50 Å². The fourth-order valence-corrected chi connectivity index (χ4v) is 1.07. The highest BCUT2D eigenvalue weighted by molar-refractivity contribution is 7.65. The van der Waals surface area contributed by atoms with Crippen molar-refractivity contribution >= 4 is 17.3 Å². The van der Waals surface area contributed by atoms with Gasteiger partial charge in [0.25, 0.3) is 0 Å². The van der Waals surface area contributed by atoms with Crippen LogP contribution in [0.4, 0.5) is 0 Å². The maximum Gasteiger partial charge on any atom is 0.508 e. The Morgan fingerprint density at radius 2 is 2.45 bits per heavy atom. The fraction of sp³-hybridized carbons (Fsp3) is 0. The van der Waals surface area contributed by atoms with E-state index in [4.69, 9.17) is 0 Å². The van der Waals surface area contributed by atoms with E-state index in [0.717, 1.165) is 5.65 Å². The van der Waals surface area contributed by atoms with Gasteiger partial charge in [-0.1, -0.05) is 0 Å². The maximum atomic E-state index is 10.3. The average molecular weight is 166 g/mol. The van der Waals surface area contributed by atoms with Crippen LogP contribution in [0, 0.1) is 0 Å². The Balaban J connectivity index is 2.76. The van der Waals surface area contributed by atoms with Crippen LogP contribution in [0.15, 0.2) is 29.6 Å². The van der Waals surface area contributed by atoms with E-state index in [1.165, 1.54) is 6.20 Å². The lowest BCUT2D eigenvalue weighted by Gasteiger charge is -1.85. The predicted octanol–water partition coefficient (Wildman–Crippen LogP) is 0.516. The first-order chi connectivity index (χ1) is 5.40. The van der Waals surface area contributed by atoms with Crippen molar-refractivity contribution in [3.63, 3.8) is 0 Å². The summed E-state index contributed by atoms with van der Waals surface area (Å²) in [6.07, 6.45) is 4.83. The van der Waals surface area contributed by atoms with Crippen LogP contribution >= 0.6 is 0 Å². The zero-order valence-corrected chi connectivity index (χ0v) is 6.28. The number of hydrogen-bond acceptors (Lipinski definition) is 3. The summed E-state index contributed by atoms with van der Waals surface area (Å²) in [5, 5.41) is 3.93. The molecule has 2 aromatic heterocycles. The van der Waals surface area contributed by atoms with Crippen molar-refractivity contribution < 1.29 is 4.21 Å². The summed E-state index contributed by atoms with van der Waals surface area (Å²) >= 11 is 0.414. The molecule has 0 amide bonds. The van der Waals surface area contributed by atoms with Crippen molar-refractivity contribution in [2.24, 2.45) is 0 Å². The number of fused-ring (bicyclic) bond motifs is 1. The van der Waals surface area contributed by atoms with Gasteiger partial charge in [-0.3, -0.25) is 0 Å². The highest BCUT2D eigenvalue weighted by Crippen LogP contribution is 2.00. The number of hydrogen-bond donors (Lipinski definition) is 0. The SMILES string of the molecule is O=[S+]c1cnc2ccnn2c1. The molecule has 2 heterocycles. The molecule has 11 heavy (non-hydrogen) atoms. The molecule has 0 saturated heterocycles. The summed E-state index contributed by atoms with van der Waals surface area (Å²) in [6, 6.07) is 1.78. The minimum absolute atomic E-state index is 0.414. The monoisotopic (exact) mass is 166 g/mol. The zero-order valence-electron chi connectivity index (χ0n) is 5.47. The van der Waals surface area contributed by atoms with Crippen molar-refractivity contribution in [3.05, 3.63) is 24.7 Å². The van der Waals surface area contributed by atoms with Crippen molar-refractivity contribution in [2.45, 2.75) is 4.90 Å². The van der Waals surface area contributed by atoms with Crippen LogP contribution in [0.1, 0.15) is 0 Å². The van der Waals surface area contributed by atoms with Gasteiger partial charge in [0, 0.05) is 10.3 Å². The third-order valence-electron chi connectivity index (χ3n) is 1.32. The summed E-state index contributed by atoms with van der Waals surface area (Å²) < 4.78 is 11.9. The number of nitrogens with zero attached hydrogens (tertiary/aromatic N) is 3. The van der Waals surface area contributed by atoms with Gasteiger partial charge in [-0.05, 0) is 0 Å². The van der Waals surface area contributed by atoms with E-state index < -0.39 is 0 Å². The molecule has 0 spiro atoms. The standard InChI is InChI=1S/C6H4N3OS/c10-11-5-3-7-6-1-2-8-9(6)4-5/h1-4H/q+1. The largest absolute Gasteiger partial charge is 0.508 e. The Kier molecular flexibility index (Phi) is 1.36. The molecule has 0 aliphatic carbocycles. The quantitative estimate of drug-likeness (QED) is 0.580. The number of aromatic nitrogens is 3. The molecular weight excluding hydrogens is 162 g/mol. The minimum atomic E-state index is 0.414. The van der Waals surface area contributed by atoms with Crippen molar-refractivity contribution in [3.8, 4) is 0 Å². The van der Waals surface area contributed by atoms with Crippen LogP contribution in [-0.2, 0) is 15.9 Å². The lowest BCUT2D eigenvalue weighted by Crippen LogP contribution is -1.90. The van der Waals surface area contributed by atoms with Gasteiger partial charge in [0.05, 0.1) is 6.20 Å². The van der Waals surface area contributed by atoms with Crippen LogP contribution in [0.2, 0.25) is 0 Å². The molecule has 4 nitrogen and oxygen atoms in total. The van der Waals surface area contributed by atoms with Crippen LogP contribution in [0.3, 0.4) is 0 Å². The van der Waals surface area contributed by atoms with Gasteiger partial charge in [-0.15, -0.1) is 0 Å². The van der Waals surface area contributed by atoms with E-state index in [-0.39, 0.29) is 0 Å². The predicted molar refractivity (Wildman–Crippen MR) is 39.3 cm³/mol. The Labute approximate surface area is 66.4 Å². The second-order valence-corrected chi connectivity index (χ2v) is 2.65. The maximum absolute atomic E-state index is 10.3. The molecule has 0 aliphatic rings. The van der Waals surface area contributed by atoms with Crippen molar-refractivity contribution in [1.82, 2.24) is 14.6 Å². The molecule has 0 aromatic carbocycles. The molecule has 0 bridgehead atoms. The van der Waals surface area contributed by atoms with Gasteiger partial charge >= 0.3 is 16.6 Å². The van der Waals surface area contributed by atoms with Crippen LogP contribution < -0.4 is 0 Å². The van der Waals surface area contributed by atoms with Crippen LogP contribution in [0.25, 0.3) is 5.65 Å². The molecule has 0 N–H and O–H groups in total. The highest BCUT2D eigenvalue weighted by Gasteiger charge is 2.07. The molecule has 0 atom stereocenters. The molecule has 0 saturated carbocycles. The summed E-state index contributed by atoms with van der Waals surface area (Å²) in [4.78, 5) is 4.56. The molecule has 5 heteroatoms. The topological polar surface area (TPSA) is 47.3 Å². The molecule has 2 aromatic rings. The molecule has 0 fully saturated rings. The van der Waals surface area contributed by atoms with Crippen LogP contribution in [0.5, 0.6) is 0 Å². The Bertz CT molecular complexity index is 397. The first kappa shape index (κ1) is 6.36. The van der Waals surface area contributed by atoms with E-state index in [1.54, 1.807) is 23.0 Å². The fourth-order valence-electron chi connectivity index (χ4n) is 0.836. The molecule has 0 unspecified atom stereocenters. The van der Waals surface area contributed by atoms with Gasteiger partial charge in [0.1, 0.15) is 12.4 Å². The van der Waals surface area contributed by atoms with Gasteiger partial charge in [0.15, 0.2) is 5.65 Å². The smallest absolute Gasteiger partial charge is 0.231 e. The Hall–Kier alpha value is -1.36. The number of rotatable bonds is 1. The molecular formula is C6H4N3OS+. The van der Waals surface area contributed by atoms with E-state index in [2.05, 4.69) is 10.1 Å². The zero-order chi connectivity index (χ0) is 7.68. The lowest BCUT2D eigenvalue weighted by molar-refractivity contribution is 0.604. The third-order valence-corrected chi connectivity index (χ3v) is 1.72. The average Bonchev–Trinajstić information content (AvgIpc) is 2.50. The first-order valence-corrected chi connectivity index (χ1v) is 3.73. The summed E-state index contributed by atoms with van der Waals surface area (Å²) in [6.45, 7) is 0. The van der Waals surface area contributed by atoms with E-state index in [9.17, 15) is 4.21 Å². The second kappa shape index (κ2) is 2.35. The van der Waals surface area contributed by atoms with Gasteiger partial charge < -0.3 is 0 Å². The molecule has 0 radical (unpaired) electrons. The lowest BCUT2D eigenvalue weighted by atomic mass is 10.6. The minimum Gasteiger partial charge on any atom is -0.231 e. The summed E-state index contributed by atoms with van der Waals surface area (Å²) in [5.41, 5.74) is 0.753. The van der Waals surface area contributed by atoms with E-state index >= 15 is 0 Å². The van der Waals surface area contributed by atoms with E-state index in [0.29, 0.717) is 16.6 Å². The van der Waals surface area contributed by atoms with Gasteiger partial charge in [0.2, 0.25) is 0 Å². The van der Waals surface area contributed by atoms with Gasteiger partial charge in [-0.2, -0.15) is 5.10 Å². The summed E-state index contributed by atoms with van der Waals surface area (Å²) in [7, 11) is 0. The molecule has 2 rings (SSSR count). The Morgan fingerprint density at radius 1 is 1.55 bits per heavy atom. The second-order valence-electron chi connectivity index (χ2n) is 2.01. The van der Waals surface area contributed by atoms with Crippen LogP contribution in [-0.4, -0.2) is 14.6 Å². The molecule has 54 valence electrons. The normalized spacial score (nSPS) is 10.2.